The lowest BCUT2D eigenvalue weighted by Gasteiger charge is -2.30. The maximum absolute atomic E-state index is 5.41. The third-order valence-corrected chi connectivity index (χ3v) is 4.15. The molecule has 2 heteroatoms. The van der Waals surface area contributed by atoms with Crippen LogP contribution in [0.4, 0.5) is 0 Å². The van der Waals surface area contributed by atoms with Crippen molar-refractivity contribution in [3.05, 3.63) is 35.4 Å². The molecule has 1 saturated carbocycles. The molecule has 0 spiro atoms. The molecule has 1 heterocycles. The van der Waals surface area contributed by atoms with Gasteiger partial charge in [0.05, 0.1) is 13.2 Å². The van der Waals surface area contributed by atoms with Crippen LogP contribution in [0.5, 0.6) is 0 Å². The quantitative estimate of drug-likeness (QED) is 0.827. The average molecular weight is 261 g/mol. The smallest absolute Gasteiger partial charge is 0.0594 e. The summed E-state index contributed by atoms with van der Waals surface area (Å²) < 4.78 is 5.41. The predicted molar refractivity (Wildman–Crippen MR) is 80.7 cm³/mol. The van der Waals surface area contributed by atoms with Gasteiger partial charge in [0, 0.05) is 25.0 Å². The number of aryl methyl sites for hydroxylation is 1. The van der Waals surface area contributed by atoms with Gasteiger partial charge in [-0.05, 0) is 25.3 Å². The van der Waals surface area contributed by atoms with Crippen molar-refractivity contribution in [2.75, 3.05) is 32.8 Å². The summed E-state index contributed by atoms with van der Waals surface area (Å²) in [5.74, 6) is 0. The van der Waals surface area contributed by atoms with Gasteiger partial charge < -0.3 is 4.74 Å². The monoisotopic (exact) mass is 261 g/mol. The van der Waals surface area contributed by atoms with Crippen LogP contribution >= 0.6 is 0 Å². The molecule has 0 radical (unpaired) electrons. The maximum atomic E-state index is 5.41. The lowest BCUT2D eigenvalue weighted by atomic mass is 9.94. The molecule has 0 amide bonds. The van der Waals surface area contributed by atoms with Crippen molar-refractivity contribution >= 4 is 0 Å². The number of rotatable bonds is 3. The zero-order chi connectivity index (χ0) is 13.7. The molecule has 2 fully saturated rings. The Hall–Kier alpha value is -0.860. The third-order valence-electron chi connectivity index (χ3n) is 4.15. The highest BCUT2D eigenvalue weighted by Crippen LogP contribution is 2.48. The zero-order valence-corrected chi connectivity index (χ0v) is 12.6. The summed E-state index contributed by atoms with van der Waals surface area (Å²) in [5.41, 5.74) is 3.36. The first-order chi connectivity index (χ1) is 9.28. The fourth-order valence-corrected chi connectivity index (χ4v) is 2.78. The number of benzene rings is 1. The minimum Gasteiger partial charge on any atom is -0.379 e. The second-order valence-corrected chi connectivity index (χ2v) is 5.53. The molecule has 0 atom stereocenters. The molecule has 1 aliphatic heterocycles. The first-order valence-electron chi connectivity index (χ1n) is 7.66. The lowest BCUT2D eigenvalue weighted by Crippen LogP contribution is -2.41. The normalized spacial score (nSPS) is 21.4. The summed E-state index contributed by atoms with van der Waals surface area (Å²) in [6, 6.07) is 9.13. The minimum atomic E-state index is 0.463. The fourth-order valence-electron chi connectivity index (χ4n) is 2.78. The van der Waals surface area contributed by atoms with Crippen molar-refractivity contribution in [3.63, 3.8) is 0 Å². The van der Waals surface area contributed by atoms with Crippen LogP contribution in [-0.4, -0.2) is 37.7 Å². The lowest BCUT2D eigenvalue weighted by molar-refractivity contribution is 0.0336. The first-order valence-corrected chi connectivity index (χ1v) is 7.66. The topological polar surface area (TPSA) is 12.5 Å². The Balaban J connectivity index is 0.000000637. The van der Waals surface area contributed by atoms with E-state index < -0.39 is 0 Å². The third kappa shape index (κ3) is 3.58. The molecule has 1 saturated heterocycles. The summed E-state index contributed by atoms with van der Waals surface area (Å²) in [5, 5.41) is 0. The molecule has 0 N–H and O–H groups in total. The molecule has 2 nitrogen and oxygen atoms in total. The van der Waals surface area contributed by atoms with Crippen LogP contribution in [-0.2, 0) is 10.2 Å². The fraction of sp³-hybridized carbons (Fsp3) is 0.647. The van der Waals surface area contributed by atoms with E-state index in [1.165, 1.54) is 30.5 Å². The highest BCUT2D eigenvalue weighted by molar-refractivity contribution is 5.34. The van der Waals surface area contributed by atoms with Crippen molar-refractivity contribution in [2.24, 2.45) is 0 Å². The highest BCUT2D eigenvalue weighted by atomic mass is 16.5. The molecule has 1 aromatic rings. The number of hydrogen-bond donors (Lipinski definition) is 0. The van der Waals surface area contributed by atoms with Gasteiger partial charge in [-0.3, -0.25) is 4.90 Å². The predicted octanol–water partition coefficient (Wildman–Crippen LogP) is 3.39. The second-order valence-electron chi connectivity index (χ2n) is 5.53. The Kier molecular flexibility index (Phi) is 5.00. The van der Waals surface area contributed by atoms with E-state index >= 15 is 0 Å². The Morgan fingerprint density at radius 2 is 1.63 bits per heavy atom. The van der Waals surface area contributed by atoms with Gasteiger partial charge >= 0.3 is 0 Å². The van der Waals surface area contributed by atoms with E-state index in [1.54, 1.807) is 0 Å². The Morgan fingerprint density at radius 1 is 1.05 bits per heavy atom. The summed E-state index contributed by atoms with van der Waals surface area (Å²) >= 11 is 0. The van der Waals surface area contributed by atoms with Crippen LogP contribution in [0.3, 0.4) is 0 Å². The van der Waals surface area contributed by atoms with Crippen LogP contribution in [0.15, 0.2) is 24.3 Å². The van der Waals surface area contributed by atoms with E-state index in [0.717, 1.165) is 26.3 Å². The van der Waals surface area contributed by atoms with Gasteiger partial charge in [0.1, 0.15) is 0 Å². The molecule has 1 aromatic carbocycles. The highest BCUT2D eigenvalue weighted by Gasteiger charge is 2.45. The molecule has 0 aromatic heterocycles. The van der Waals surface area contributed by atoms with E-state index in [2.05, 4.69) is 36.1 Å². The summed E-state index contributed by atoms with van der Waals surface area (Å²) in [6.45, 7) is 11.4. The molecule has 106 valence electrons. The molecule has 19 heavy (non-hydrogen) atoms. The number of ether oxygens (including phenoxy) is 1. The molecule has 0 unspecified atom stereocenters. The van der Waals surface area contributed by atoms with Gasteiger partial charge in [0.2, 0.25) is 0 Å². The van der Waals surface area contributed by atoms with Crippen LogP contribution in [0.1, 0.15) is 37.8 Å². The number of nitrogens with zero attached hydrogens (tertiary/aromatic N) is 1. The van der Waals surface area contributed by atoms with Crippen molar-refractivity contribution in [3.8, 4) is 0 Å². The molecular formula is C17H27NO. The van der Waals surface area contributed by atoms with Gasteiger partial charge in [0.15, 0.2) is 0 Å². The molecule has 3 rings (SSSR count). The second kappa shape index (κ2) is 6.53. The van der Waals surface area contributed by atoms with Crippen LogP contribution in [0.2, 0.25) is 0 Å². The number of morpholine rings is 1. The zero-order valence-electron chi connectivity index (χ0n) is 12.6. The van der Waals surface area contributed by atoms with Crippen molar-refractivity contribution in [1.29, 1.82) is 0 Å². The van der Waals surface area contributed by atoms with E-state index in [0.29, 0.717) is 5.41 Å². The van der Waals surface area contributed by atoms with Crippen molar-refractivity contribution < 1.29 is 4.74 Å². The number of hydrogen-bond acceptors (Lipinski definition) is 2. The summed E-state index contributed by atoms with van der Waals surface area (Å²) in [7, 11) is 0. The van der Waals surface area contributed by atoms with Crippen molar-refractivity contribution in [2.45, 2.75) is 39.0 Å². The van der Waals surface area contributed by atoms with Crippen molar-refractivity contribution in [1.82, 2.24) is 4.90 Å². The van der Waals surface area contributed by atoms with E-state index in [4.69, 9.17) is 4.74 Å². The van der Waals surface area contributed by atoms with Gasteiger partial charge in [-0.2, -0.15) is 0 Å². The summed E-state index contributed by atoms with van der Waals surface area (Å²) in [4.78, 5) is 2.57. The molecule has 0 bridgehead atoms. The van der Waals surface area contributed by atoms with Crippen LogP contribution in [0, 0.1) is 6.92 Å². The SMILES string of the molecule is CC.Cc1ccc(C2(CN3CCOCC3)CC2)cc1. The Labute approximate surface area is 117 Å². The average Bonchev–Trinajstić information content (AvgIpc) is 3.24. The van der Waals surface area contributed by atoms with Crippen LogP contribution < -0.4 is 0 Å². The molecule has 2 aliphatic rings. The van der Waals surface area contributed by atoms with Gasteiger partial charge in [0.25, 0.3) is 0 Å². The minimum absolute atomic E-state index is 0.463. The largest absolute Gasteiger partial charge is 0.379 e. The molecule has 1 aliphatic carbocycles. The van der Waals surface area contributed by atoms with Gasteiger partial charge in [-0.1, -0.05) is 43.7 Å². The maximum Gasteiger partial charge on any atom is 0.0594 e. The summed E-state index contributed by atoms with van der Waals surface area (Å²) in [6.07, 6.45) is 2.71. The molecular weight excluding hydrogens is 234 g/mol. The van der Waals surface area contributed by atoms with E-state index in [-0.39, 0.29) is 0 Å². The Morgan fingerprint density at radius 3 is 2.16 bits per heavy atom. The Bertz CT molecular complexity index is 375. The standard InChI is InChI=1S/C15H21NO.C2H6/c1-13-2-4-14(5-3-13)15(6-7-15)12-16-8-10-17-11-9-16;1-2/h2-5H,6-12H2,1H3;1-2H3. The van der Waals surface area contributed by atoms with Gasteiger partial charge in [-0.25, -0.2) is 0 Å². The van der Waals surface area contributed by atoms with Crippen LogP contribution in [0.25, 0.3) is 0 Å². The van der Waals surface area contributed by atoms with E-state index in [9.17, 15) is 0 Å². The van der Waals surface area contributed by atoms with Gasteiger partial charge in [-0.15, -0.1) is 0 Å². The van der Waals surface area contributed by atoms with E-state index in [1.807, 2.05) is 13.8 Å². The first kappa shape index (κ1) is 14.5.